The van der Waals surface area contributed by atoms with Gasteiger partial charge >= 0.3 is 0 Å². The maximum Gasteiger partial charge on any atom is 0.272 e. The quantitative estimate of drug-likeness (QED) is 0.503. The second kappa shape index (κ2) is 6.15. The molecule has 17 heavy (non-hydrogen) atoms. The minimum absolute atomic E-state index is 0.0739. The molecule has 1 aromatic carbocycles. The number of amides is 1. The number of nitro groups is 1. The Labute approximate surface area is 102 Å². The highest BCUT2D eigenvalue weighted by Crippen LogP contribution is 2.20. The summed E-state index contributed by atoms with van der Waals surface area (Å²) in [4.78, 5) is 20.9. The molecular weight excluding hydrogens is 251 g/mol. The molecule has 1 aromatic rings. The van der Waals surface area contributed by atoms with E-state index < -0.39 is 10.7 Å². The second-order valence-electron chi connectivity index (χ2n) is 3.26. The number of non-ortho nitro benzene ring substituents is 1. The molecule has 0 unspecified atom stereocenters. The lowest BCUT2D eigenvalue weighted by Crippen LogP contribution is -2.12. The number of nitrogens with one attached hydrogen (secondary N) is 1. The van der Waals surface area contributed by atoms with Crippen molar-refractivity contribution < 1.29 is 14.1 Å². The zero-order valence-corrected chi connectivity index (χ0v) is 9.54. The van der Waals surface area contributed by atoms with Crippen LogP contribution in [-0.2, 0) is 4.79 Å². The summed E-state index contributed by atoms with van der Waals surface area (Å²) >= 11 is 5.41. The van der Waals surface area contributed by atoms with E-state index in [0.29, 0.717) is 12.3 Å². The van der Waals surface area contributed by atoms with Crippen LogP contribution < -0.4 is 5.32 Å². The number of nitrogens with zero attached hydrogens (tertiary/aromatic N) is 1. The van der Waals surface area contributed by atoms with Gasteiger partial charge in [0, 0.05) is 18.4 Å². The van der Waals surface area contributed by atoms with Crippen LogP contribution in [0.2, 0.25) is 0 Å². The lowest BCUT2D eigenvalue weighted by Gasteiger charge is -2.05. The van der Waals surface area contributed by atoms with E-state index in [4.69, 9.17) is 11.6 Å². The zero-order valence-electron chi connectivity index (χ0n) is 8.78. The molecule has 0 spiro atoms. The van der Waals surface area contributed by atoms with Gasteiger partial charge in [0.05, 0.1) is 16.7 Å². The molecule has 0 bridgehead atoms. The van der Waals surface area contributed by atoms with Gasteiger partial charge in [-0.3, -0.25) is 14.9 Å². The molecular formula is C10H10ClFN2O3. The van der Waals surface area contributed by atoms with Gasteiger partial charge in [-0.25, -0.2) is 4.39 Å². The maximum absolute atomic E-state index is 13.3. The van der Waals surface area contributed by atoms with Gasteiger partial charge in [0.1, 0.15) is 0 Å². The van der Waals surface area contributed by atoms with Gasteiger partial charge in [0.2, 0.25) is 5.91 Å². The predicted octanol–water partition coefficient (Wildman–Crippen LogP) is 2.69. The molecule has 1 rings (SSSR count). The van der Waals surface area contributed by atoms with Gasteiger partial charge in [-0.1, -0.05) is 0 Å². The van der Waals surface area contributed by atoms with Crippen molar-refractivity contribution in [1.29, 1.82) is 0 Å². The van der Waals surface area contributed by atoms with Crippen LogP contribution in [0.25, 0.3) is 0 Å². The Kier molecular flexibility index (Phi) is 4.84. The standard InChI is InChI=1S/C10H10ClFN2O3/c11-5-1-2-10(15)13-9-4-3-7(14(16)17)6-8(9)12/h3-4,6H,1-2,5H2,(H,13,15). The van der Waals surface area contributed by atoms with E-state index in [1.54, 1.807) is 0 Å². The summed E-state index contributed by atoms with van der Waals surface area (Å²) in [6.07, 6.45) is 0.669. The number of nitro benzene ring substituents is 1. The predicted molar refractivity (Wildman–Crippen MR) is 61.6 cm³/mol. The molecule has 0 fully saturated rings. The minimum Gasteiger partial charge on any atom is -0.324 e. The van der Waals surface area contributed by atoms with Crippen LogP contribution in [0.3, 0.4) is 0 Å². The van der Waals surface area contributed by atoms with Crippen molar-refractivity contribution in [3.8, 4) is 0 Å². The molecule has 92 valence electrons. The zero-order chi connectivity index (χ0) is 12.8. The highest BCUT2D eigenvalue weighted by Gasteiger charge is 2.12. The Morgan fingerprint density at radius 1 is 1.53 bits per heavy atom. The summed E-state index contributed by atoms with van der Waals surface area (Å²) in [7, 11) is 0. The fourth-order valence-corrected chi connectivity index (χ4v) is 1.29. The number of rotatable bonds is 5. The fraction of sp³-hybridized carbons (Fsp3) is 0.300. The van der Waals surface area contributed by atoms with Crippen LogP contribution in [0.4, 0.5) is 15.8 Å². The molecule has 0 aliphatic carbocycles. The van der Waals surface area contributed by atoms with Gasteiger partial charge in [-0.15, -0.1) is 11.6 Å². The monoisotopic (exact) mass is 260 g/mol. The molecule has 0 radical (unpaired) electrons. The molecule has 0 atom stereocenters. The van der Waals surface area contributed by atoms with Crippen molar-refractivity contribution >= 4 is 28.9 Å². The number of hydrogen-bond donors (Lipinski definition) is 1. The number of anilines is 1. The number of benzene rings is 1. The summed E-state index contributed by atoms with van der Waals surface area (Å²) in [5.74, 6) is -0.868. The molecule has 0 saturated heterocycles. The smallest absolute Gasteiger partial charge is 0.272 e. The third kappa shape index (κ3) is 3.99. The highest BCUT2D eigenvalue weighted by molar-refractivity contribution is 6.18. The van der Waals surface area contributed by atoms with Gasteiger partial charge in [0.15, 0.2) is 5.82 Å². The molecule has 0 saturated carbocycles. The average molecular weight is 261 g/mol. The first-order valence-electron chi connectivity index (χ1n) is 4.84. The largest absolute Gasteiger partial charge is 0.324 e. The first kappa shape index (κ1) is 13.4. The number of carbonyl (C=O) groups excluding carboxylic acids is 1. The van der Waals surface area contributed by atoms with Crippen LogP contribution in [0.5, 0.6) is 0 Å². The lowest BCUT2D eigenvalue weighted by molar-refractivity contribution is -0.385. The molecule has 7 heteroatoms. The molecule has 1 N–H and O–H groups in total. The lowest BCUT2D eigenvalue weighted by atomic mass is 10.2. The molecule has 0 aliphatic heterocycles. The normalized spacial score (nSPS) is 10.0. The van der Waals surface area contributed by atoms with Crippen molar-refractivity contribution in [3.05, 3.63) is 34.1 Å². The first-order chi connectivity index (χ1) is 8.04. The van der Waals surface area contributed by atoms with Gasteiger partial charge in [-0.05, 0) is 12.5 Å². The summed E-state index contributed by atoms with van der Waals surface area (Å²) in [5, 5.41) is 12.7. The van der Waals surface area contributed by atoms with E-state index in [1.165, 1.54) is 0 Å². The van der Waals surface area contributed by atoms with Crippen molar-refractivity contribution in [3.63, 3.8) is 0 Å². The van der Waals surface area contributed by atoms with Crippen LogP contribution in [-0.4, -0.2) is 16.7 Å². The van der Waals surface area contributed by atoms with Crippen molar-refractivity contribution in [2.75, 3.05) is 11.2 Å². The Bertz CT molecular complexity index is 440. The maximum atomic E-state index is 13.3. The summed E-state index contributed by atoms with van der Waals surface area (Å²) in [6.45, 7) is 0. The average Bonchev–Trinajstić information content (AvgIpc) is 2.28. The van der Waals surface area contributed by atoms with Crippen molar-refractivity contribution in [1.82, 2.24) is 0 Å². The Balaban J connectivity index is 2.72. The molecule has 0 aromatic heterocycles. The van der Waals surface area contributed by atoms with E-state index in [-0.39, 0.29) is 23.7 Å². The van der Waals surface area contributed by atoms with E-state index in [9.17, 15) is 19.3 Å². The minimum atomic E-state index is -0.835. The van der Waals surface area contributed by atoms with E-state index in [2.05, 4.69) is 5.32 Å². The third-order valence-electron chi connectivity index (χ3n) is 1.98. The number of hydrogen-bond acceptors (Lipinski definition) is 3. The summed E-state index contributed by atoms with van der Waals surface area (Å²) < 4.78 is 13.3. The Morgan fingerprint density at radius 3 is 2.76 bits per heavy atom. The van der Waals surface area contributed by atoms with Crippen LogP contribution in [0, 0.1) is 15.9 Å². The molecule has 5 nitrogen and oxygen atoms in total. The molecule has 0 aliphatic rings. The first-order valence-corrected chi connectivity index (χ1v) is 5.38. The van der Waals surface area contributed by atoms with E-state index in [1.807, 2.05) is 0 Å². The van der Waals surface area contributed by atoms with Gasteiger partial charge in [-0.2, -0.15) is 0 Å². The Hall–Kier alpha value is -1.69. The molecule has 1 amide bonds. The van der Waals surface area contributed by atoms with E-state index in [0.717, 1.165) is 18.2 Å². The fourth-order valence-electron chi connectivity index (χ4n) is 1.16. The number of alkyl halides is 1. The Morgan fingerprint density at radius 2 is 2.24 bits per heavy atom. The third-order valence-corrected chi connectivity index (χ3v) is 2.24. The van der Waals surface area contributed by atoms with E-state index >= 15 is 0 Å². The second-order valence-corrected chi connectivity index (χ2v) is 3.64. The highest BCUT2D eigenvalue weighted by atomic mass is 35.5. The van der Waals surface area contributed by atoms with Crippen LogP contribution >= 0.6 is 11.6 Å². The molecule has 0 heterocycles. The van der Waals surface area contributed by atoms with Gasteiger partial charge in [0.25, 0.3) is 5.69 Å². The van der Waals surface area contributed by atoms with Crippen LogP contribution in [0.1, 0.15) is 12.8 Å². The van der Waals surface area contributed by atoms with Crippen LogP contribution in [0.15, 0.2) is 18.2 Å². The van der Waals surface area contributed by atoms with Crippen molar-refractivity contribution in [2.24, 2.45) is 0 Å². The van der Waals surface area contributed by atoms with Crippen molar-refractivity contribution in [2.45, 2.75) is 12.8 Å². The SMILES string of the molecule is O=C(CCCCl)Nc1ccc([N+](=O)[O-])cc1F. The summed E-state index contributed by atoms with van der Waals surface area (Å²) in [6, 6.07) is 3.05. The summed E-state index contributed by atoms with van der Waals surface area (Å²) in [5.41, 5.74) is -0.434. The topological polar surface area (TPSA) is 72.2 Å². The number of halogens is 2. The number of carbonyl (C=O) groups is 1. The van der Waals surface area contributed by atoms with Gasteiger partial charge < -0.3 is 5.32 Å².